The number of phenols is 1. The predicted octanol–water partition coefficient (Wildman–Crippen LogP) is 3.62. The zero-order valence-electron chi connectivity index (χ0n) is 14.7. The molecule has 1 aromatic heterocycles. The van der Waals surface area contributed by atoms with Crippen LogP contribution in [-0.4, -0.2) is 35.1 Å². The van der Waals surface area contributed by atoms with Gasteiger partial charge in [0.25, 0.3) is 0 Å². The van der Waals surface area contributed by atoms with Gasteiger partial charge in [-0.2, -0.15) is 0 Å². The molecule has 134 valence electrons. The summed E-state index contributed by atoms with van der Waals surface area (Å²) in [6.07, 6.45) is -0.998. The number of aryl methyl sites for hydroxylation is 1. The smallest absolute Gasteiger partial charge is 0.342 e. The van der Waals surface area contributed by atoms with Crippen molar-refractivity contribution in [1.29, 1.82) is 0 Å². The summed E-state index contributed by atoms with van der Waals surface area (Å²) >= 11 is 0. The van der Waals surface area contributed by atoms with Crippen molar-refractivity contribution < 1.29 is 24.2 Å². The summed E-state index contributed by atoms with van der Waals surface area (Å²) in [6.45, 7) is 3.32. The van der Waals surface area contributed by atoms with Gasteiger partial charge in [-0.05, 0) is 32.0 Å². The highest BCUT2D eigenvalue weighted by atomic mass is 16.5. The molecular weight excluding hydrogens is 334 g/mol. The van der Waals surface area contributed by atoms with E-state index in [1.54, 1.807) is 6.92 Å². The molecule has 0 spiro atoms. The van der Waals surface area contributed by atoms with Crippen LogP contribution in [0, 0.1) is 6.92 Å². The molecule has 0 radical (unpaired) electrons. The minimum absolute atomic E-state index is 0.0268. The molecule has 0 saturated carbocycles. The summed E-state index contributed by atoms with van der Waals surface area (Å²) in [6, 6.07) is 11.7. The van der Waals surface area contributed by atoms with Crippen LogP contribution >= 0.6 is 0 Å². The lowest BCUT2D eigenvalue weighted by Crippen LogP contribution is -2.25. The highest BCUT2D eigenvalue weighted by Crippen LogP contribution is 2.26. The van der Waals surface area contributed by atoms with Gasteiger partial charge in [-0.3, -0.25) is 4.79 Å². The topological polar surface area (TPSA) is 88.6 Å². The number of phenolic OH excluding ortho intramolecular Hbond substituents is 1. The normalized spacial score (nSPS) is 12.0. The molecule has 3 rings (SSSR count). The Labute approximate surface area is 150 Å². The molecule has 26 heavy (non-hydrogen) atoms. The van der Waals surface area contributed by atoms with Crippen LogP contribution in [0.25, 0.3) is 10.9 Å². The number of hydrogen-bond donors (Lipinski definition) is 2. The van der Waals surface area contributed by atoms with Crippen molar-refractivity contribution in [2.75, 3.05) is 7.11 Å². The summed E-state index contributed by atoms with van der Waals surface area (Å²) < 4.78 is 10.3. The van der Waals surface area contributed by atoms with Gasteiger partial charge in [0.2, 0.25) is 5.78 Å². The molecular formula is C20H19NO5. The van der Waals surface area contributed by atoms with E-state index in [0.29, 0.717) is 17.0 Å². The van der Waals surface area contributed by atoms with Crippen molar-refractivity contribution in [2.45, 2.75) is 20.0 Å². The summed E-state index contributed by atoms with van der Waals surface area (Å²) in [5.41, 5.74) is 2.03. The number of aromatic hydroxyl groups is 1. The van der Waals surface area contributed by atoms with Crippen molar-refractivity contribution in [3.63, 3.8) is 0 Å². The van der Waals surface area contributed by atoms with Gasteiger partial charge in [0, 0.05) is 28.2 Å². The molecule has 0 saturated heterocycles. The van der Waals surface area contributed by atoms with E-state index in [9.17, 15) is 14.7 Å². The Morgan fingerprint density at radius 3 is 2.58 bits per heavy atom. The Kier molecular flexibility index (Phi) is 4.67. The number of ketones is 1. The van der Waals surface area contributed by atoms with Crippen LogP contribution in [0.4, 0.5) is 0 Å². The number of para-hydroxylation sites is 1. The molecule has 0 aliphatic carbocycles. The molecule has 1 atom stereocenters. The first-order valence-corrected chi connectivity index (χ1v) is 8.12. The SMILES string of the molecule is COc1ccc(C(=O)OC(C)C(=O)c2c(C)[nH]c3ccccc23)c(O)c1. The largest absolute Gasteiger partial charge is 0.507 e. The van der Waals surface area contributed by atoms with Crippen LogP contribution in [0.15, 0.2) is 42.5 Å². The van der Waals surface area contributed by atoms with Crippen molar-refractivity contribution in [2.24, 2.45) is 0 Å². The number of rotatable bonds is 5. The third-order valence-corrected chi connectivity index (χ3v) is 4.22. The molecule has 0 amide bonds. The number of esters is 1. The molecule has 0 aliphatic heterocycles. The molecule has 6 nitrogen and oxygen atoms in total. The fourth-order valence-electron chi connectivity index (χ4n) is 2.89. The Hall–Kier alpha value is -3.28. The number of methoxy groups -OCH3 is 1. The quantitative estimate of drug-likeness (QED) is 0.540. The van der Waals surface area contributed by atoms with E-state index >= 15 is 0 Å². The average molecular weight is 353 g/mol. The second-order valence-electron chi connectivity index (χ2n) is 5.97. The summed E-state index contributed by atoms with van der Waals surface area (Å²) in [7, 11) is 1.46. The number of Topliss-reactive ketones (excluding diaryl/α,β-unsaturated/α-hetero) is 1. The van der Waals surface area contributed by atoms with Crippen LogP contribution < -0.4 is 4.74 Å². The van der Waals surface area contributed by atoms with Crippen LogP contribution in [0.1, 0.15) is 33.3 Å². The van der Waals surface area contributed by atoms with Crippen LogP contribution in [-0.2, 0) is 4.74 Å². The number of aromatic nitrogens is 1. The number of ether oxygens (including phenoxy) is 2. The number of fused-ring (bicyclic) bond motifs is 1. The average Bonchev–Trinajstić information content (AvgIpc) is 2.96. The van der Waals surface area contributed by atoms with E-state index in [2.05, 4.69) is 4.98 Å². The van der Waals surface area contributed by atoms with Gasteiger partial charge < -0.3 is 19.6 Å². The first kappa shape index (κ1) is 17.5. The van der Waals surface area contributed by atoms with Crippen molar-refractivity contribution in [3.05, 3.63) is 59.3 Å². The van der Waals surface area contributed by atoms with Gasteiger partial charge >= 0.3 is 5.97 Å². The van der Waals surface area contributed by atoms with Crippen molar-refractivity contribution in [1.82, 2.24) is 4.98 Å². The zero-order valence-corrected chi connectivity index (χ0v) is 14.7. The lowest BCUT2D eigenvalue weighted by molar-refractivity contribution is 0.0316. The van der Waals surface area contributed by atoms with Gasteiger partial charge in [0.1, 0.15) is 17.1 Å². The zero-order chi connectivity index (χ0) is 18.8. The second kappa shape index (κ2) is 6.92. The van der Waals surface area contributed by atoms with Crippen LogP contribution in [0.3, 0.4) is 0 Å². The maximum absolute atomic E-state index is 12.8. The first-order chi connectivity index (χ1) is 12.4. The number of carbonyl (C=O) groups is 2. The molecule has 1 heterocycles. The Bertz CT molecular complexity index is 989. The third kappa shape index (κ3) is 3.13. The van der Waals surface area contributed by atoms with E-state index in [0.717, 1.165) is 10.9 Å². The lowest BCUT2D eigenvalue weighted by atomic mass is 10.0. The standard InChI is InChI=1S/C20H19NO5/c1-11-18(14-6-4-5-7-16(14)21-11)19(23)12(2)26-20(24)15-9-8-13(25-3)10-17(15)22/h4-10,12,21-22H,1-3H3. The predicted molar refractivity (Wildman–Crippen MR) is 96.9 cm³/mol. The molecule has 2 aromatic carbocycles. The number of H-pyrrole nitrogens is 1. The highest BCUT2D eigenvalue weighted by molar-refractivity contribution is 6.11. The van der Waals surface area contributed by atoms with Crippen molar-refractivity contribution >= 4 is 22.7 Å². The van der Waals surface area contributed by atoms with Gasteiger partial charge in [-0.15, -0.1) is 0 Å². The van der Waals surface area contributed by atoms with Gasteiger partial charge in [-0.25, -0.2) is 4.79 Å². The first-order valence-electron chi connectivity index (χ1n) is 8.12. The van der Waals surface area contributed by atoms with Gasteiger partial charge in [0.15, 0.2) is 6.10 Å². The number of aromatic amines is 1. The molecule has 0 aliphatic rings. The van der Waals surface area contributed by atoms with Crippen LogP contribution in [0.2, 0.25) is 0 Å². The van der Waals surface area contributed by atoms with E-state index in [1.165, 1.54) is 32.2 Å². The van der Waals surface area contributed by atoms with Crippen molar-refractivity contribution in [3.8, 4) is 11.5 Å². The molecule has 2 N–H and O–H groups in total. The monoisotopic (exact) mass is 353 g/mol. The van der Waals surface area contributed by atoms with E-state index in [4.69, 9.17) is 9.47 Å². The maximum atomic E-state index is 12.8. The second-order valence-corrected chi connectivity index (χ2v) is 5.97. The van der Waals surface area contributed by atoms with Crippen LogP contribution in [0.5, 0.6) is 11.5 Å². The van der Waals surface area contributed by atoms with Gasteiger partial charge in [0.05, 0.1) is 7.11 Å². The molecule has 0 bridgehead atoms. The number of nitrogens with one attached hydrogen (secondary N) is 1. The van der Waals surface area contributed by atoms with Gasteiger partial charge in [-0.1, -0.05) is 18.2 Å². The number of benzene rings is 2. The Morgan fingerprint density at radius 1 is 1.15 bits per heavy atom. The number of carbonyl (C=O) groups excluding carboxylic acids is 2. The minimum atomic E-state index is -0.998. The summed E-state index contributed by atoms with van der Waals surface area (Å²) in [5.74, 6) is -0.931. The Balaban J connectivity index is 1.83. The summed E-state index contributed by atoms with van der Waals surface area (Å²) in [5, 5.41) is 10.7. The Morgan fingerprint density at radius 2 is 1.88 bits per heavy atom. The third-order valence-electron chi connectivity index (χ3n) is 4.22. The lowest BCUT2D eigenvalue weighted by Gasteiger charge is -2.13. The van der Waals surface area contributed by atoms with E-state index in [-0.39, 0.29) is 17.1 Å². The molecule has 1 unspecified atom stereocenters. The fraction of sp³-hybridized carbons (Fsp3) is 0.200. The number of hydrogen-bond acceptors (Lipinski definition) is 5. The van der Waals surface area contributed by atoms with E-state index in [1.807, 2.05) is 24.3 Å². The molecule has 0 fully saturated rings. The molecule has 6 heteroatoms. The highest BCUT2D eigenvalue weighted by Gasteiger charge is 2.25. The molecule has 3 aromatic rings. The van der Waals surface area contributed by atoms with E-state index < -0.39 is 12.1 Å². The minimum Gasteiger partial charge on any atom is -0.507 e. The fourth-order valence-corrected chi connectivity index (χ4v) is 2.89. The maximum Gasteiger partial charge on any atom is 0.342 e. The summed E-state index contributed by atoms with van der Waals surface area (Å²) in [4.78, 5) is 28.3.